The lowest BCUT2D eigenvalue weighted by atomic mass is 10.4. The van der Waals surface area contributed by atoms with E-state index in [1.54, 1.807) is 13.8 Å². The highest BCUT2D eigenvalue weighted by molar-refractivity contribution is 5.86. The standard InChI is InChI=1S/C6H10O2.C6H12O.C5H10O2/c1-4-8-6(7)5(2)3;1-4-7-5-6(2)3;1-2-6-3-5-4-7-5/h2,4H2,1,3H3;2,4-5H2,1,3H3;5H,2-4H2,1H3. The molecular formula is C17H32O5. The van der Waals surface area contributed by atoms with Crippen molar-refractivity contribution in [3.8, 4) is 0 Å². The van der Waals surface area contributed by atoms with Gasteiger partial charge in [-0.05, 0) is 34.6 Å². The molecule has 0 amide bonds. The van der Waals surface area contributed by atoms with Gasteiger partial charge in [-0.25, -0.2) is 4.79 Å². The fraction of sp³-hybridized carbons (Fsp3) is 0.706. The summed E-state index contributed by atoms with van der Waals surface area (Å²) in [7, 11) is 0. The zero-order chi connectivity index (χ0) is 17.4. The van der Waals surface area contributed by atoms with Crippen molar-refractivity contribution in [3.63, 3.8) is 0 Å². The van der Waals surface area contributed by atoms with E-state index in [-0.39, 0.29) is 5.97 Å². The average Bonchev–Trinajstić information content (AvgIpc) is 3.28. The van der Waals surface area contributed by atoms with Crippen LogP contribution in [0.15, 0.2) is 24.3 Å². The minimum Gasteiger partial charge on any atom is -0.463 e. The maximum atomic E-state index is 10.4. The van der Waals surface area contributed by atoms with Gasteiger partial charge in [0, 0.05) is 18.8 Å². The summed E-state index contributed by atoms with van der Waals surface area (Å²) >= 11 is 0. The SMILES string of the molecule is C=C(C)C(=O)OCC.C=C(C)COCC.CCOCC1CO1. The Morgan fingerprint density at radius 3 is 1.86 bits per heavy atom. The number of hydrogen-bond acceptors (Lipinski definition) is 5. The van der Waals surface area contributed by atoms with Crippen molar-refractivity contribution in [1.29, 1.82) is 0 Å². The van der Waals surface area contributed by atoms with E-state index < -0.39 is 0 Å². The van der Waals surface area contributed by atoms with Gasteiger partial charge in [0.2, 0.25) is 0 Å². The second-order valence-corrected chi connectivity index (χ2v) is 4.71. The number of carbonyl (C=O) groups excluding carboxylic acids is 1. The van der Waals surface area contributed by atoms with Gasteiger partial charge >= 0.3 is 5.97 Å². The molecule has 5 heteroatoms. The molecule has 1 unspecified atom stereocenters. The van der Waals surface area contributed by atoms with Crippen molar-refractivity contribution in [3.05, 3.63) is 24.3 Å². The van der Waals surface area contributed by atoms with Gasteiger partial charge in [-0.2, -0.15) is 0 Å². The highest BCUT2D eigenvalue weighted by atomic mass is 16.6. The Kier molecular flexibility index (Phi) is 17.0. The molecule has 1 rings (SSSR count). The molecule has 0 aromatic rings. The number of hydrogen-bond donors (Lipinski definition) is 0. The molecule has 22 heavy (non-hydrogen) atoms. The highest BCUT2D eigenvalue weighted by Crippen LogP contribution is 2.07. The number of epoxide rings is 1. The molecule has 1 fully saturated rings. The van der Waals surface area contributed by atoms with E-state index in [1.807, 2.05) is 20.8 Å². The molecule has 0 saturated carbocycles. The van der Waals surface area contributed by atoms with Gasteiger partial charge in [-0.1, -0.05) is 18.7 Å². The number of carbonyl (C=O) groups is 1. The molecule has 0 N–H and O–H groups in total. The summed E-state index contributed by atoms with van der Waals surface area (Å²) in [5.74, 6) is -0.312. The van der Waals surface area contributed by atoms with Crippen LogP contribution in [0, 0.1) is 0 Å². The molecule has 0 aromatic carbocycles. The Morgan fingerprint density at radius 2 is 1.64 bits per heavy atom. The van der Waals surface area contributed by atoms with Crippen LogP contribution in [-0.4, -0.2) is 51.7 Å². The van der Waals surface area contributed by atoms with Crippen LogP contribution in [0.4, 0.5) is 0 Å². The van der Waals surface area contributed by atoms with Crippen LogP contribution in [0.25, 0.3) is 0 Å². The van der Waals surface area contributed by atoms with E-state index in [9.17, 15) is 4.79 Å². The largest absolute Gasteiger partial charge is 0.463 e. The molecule has 1 atom stereocenters. The summed E-state index contributed by atoms with van der Waals surface area (Å²) in [6.45, 7) is 20.8. The summed E-state index contributed by atoms with van der Waals surface area (Å²) < 4.78 is 19.5. The van der Waals surface area contributed by atoms with E-state index in [1.165, 1.54) is 0 Å². The lowest BCUT2D eigenvalue weighted by Gasteiger charge is -1.96. The van der Waals surface area contributed by atoms with E-state index in [4.69, 9.17) is 14.2 Å². The zero-order valence-corrected chi connectivity index (χ0v) is 14.8. The van der Waals surface area contributed by atoms with Crippen LogP contribution < -0.4 is 0 Å². The summed E-state index contributed by atoms with van der Waals surface area (Å²) in [4.78, 5) is 10.4. The smallest absolute Gasteiger partial charge is 0.333 e. The summed E-state index contributed by atoms with van der Waals surface area (Å²) in [6, 6.07) is 0. The van der Waals surface area contributed by atoms with Gasteiger partial charge in [0.15, 0.2) is 0 Å². The van der Waals surface area contributed by atoms with Gasteiger partial charge in [-0.15, -0.1) is 0 Å². The second-order valence-electron chi connectivity index (χ2n) is 4.71. The van der Waals surface area contributed by atoms with Crippen LogP contribution in [-0.2, 0) is 23.7 Å². The topological polar surface area (TPSA) is 57.3 Å². The first-order valence-corrected chi connectivity index (χ1v) is 7.62. The summed E-state index contributed by atoms with van der Waals surface area (Å²) in [5, 5.41) is 0. The molecule has 1 aliphatic heterocycles. The first-order chi connectivity index (χ1) is 10.4. The summed E-state index contributed by atoms with van der Waals surface area (Å²) in [5.41, 5.74) is 1.54. The number of esters is 1. The molecule has 0 bridgehead atoms. The Morgan fingerprint density at radius 1 is 1.09 bits per heavy atom. The van der Waals surface area contributed by atoms with Gasteiger partial charge < -0.3 is 18.9 Å². The molecular weight excluding hydrogens is 284 g/mol. The molecule has 0 radical (unpaired) electrons. The fourth-order valence-electron chi connectivity index (χ4n) is 0.944. The average molecular weight is 316 g/mol. The van der Waals surface area contributed by atoms with Gasteiger partial charge in [0.25, 0.3) is 0 Å². The first kappa shape index (κ1) is 23.1. The van der Waals surface area contributed by atoms with Crippen molar-refractivity contribution in [2.24, 2.45) is 0 Å². The van der Waals surface area contributed by atoms with Crippen LogP contribution in [0.2, 0.25) is 0 Å². The molecule has 0 aliphatic carbocycles. The van der Waals surface area contributed by atoms with Crippen molar-refractivity contribution in [1.82, 2.24) is 0 Å². The van der Waals surface area contributed by atoms with Gasteiger partial charge in [0.1, 0.15) is 6.10 Å². The predicted molar refractivity (Wildman–Crippen MR) is 89.0 cm³/mol. The first-order valence-electron chi connectivity index (χ1n) is 7.62. The molecule has 1 aliphatic rings. The van der Waals surface area contributed by atoms with Gasteiger partial charge in [0.05, 0.1) is 26.4 Å². The zero-order valence-electron chi connectivity index (χ0n) is 14.8. The van der Waals surface area contributed by atoms with E-state index >= 15 is 0 Å². The van der Waals surface area contributed by atoms with Gasteiger partial charge in [-0.3, -0.25) is 0 Å². The molecule has 1 saturated heterocycles. The molecule has 130 valence electrons. The molecule has 0 spiro atoms. The maximum absolute atomic E-state index is 10.4. The van der Waals surface area contributed by atoms with Crippen LogP contribution >= 0.6 is 0 Å². The van der Waals surface area contributed by atoms with Crippen LogP contribution in [0.3, 0.4) is 0 Å². The third kappa shape index (κ3) is 21.1. The third-order valence-electron chi connectivity index (χ3n) is 2.09. The minimum atomic E-state index is -0.312. The van der Waals surface area contributed by atoms with E-state index in [0.717, 1.165) is 32.0 Å². The monoisotopic (exact) mass is 316 g/mol. The molecule has 5 nitrogen and oxygen atoms in total. The number of rotatable bonds is 8. The quantitative estimate of drug-likeness (QED) is 0.298. The second kappa shape index (κ2) is 16.2. The van der Waals surface area contributed by atoms with Crippen molar-refractivity contribution >= 4 is 5.97 Å². The van der Waals surface area contributed by atoms with Crippen molar-refractivity contribution in [2.75, 3.05) is 39.6 Å². The lowest BCUT2D eigenvalue weighted by Crippen LogP contribution is -2.03. The number of ether oxygens (including phenoxy) is 4. The third-order valence-corrected chi connectivity index (χ3v) is 2.09. The lowest BCUT2D eigenvalue weighted by molar-refractivity contribution is -0.138. The maximum Gasteiger partial charge on any atom is 0.333 e. The Bertz CT molecular complexity index is 308. The Hall–Kier alpha value is -1.17. The fourth-order valence-corrected chi connectivity index (χ4v) is 0.944. The molecule has 1 heterocycles. The molecule has 0 aromatic heterocycles. The highest BCUT2D eigenvalue weighted by Gasteiger charge is 2.21. The van der Waals surface area contributed by atoms with E-state index in [0.29, 0.717) is 24.9 Å². The van der Waals surface area contributed by atoms with Crippen LogP contribution in [0.5, 0.6) is 0 Å². The normalized spacial score (nSPS) is 14.7. The van der Waals surface area contributed by atoms with Crippen LogP contribution in [0.1, 0.15) is 34.6 Å². The van der Waals surface area contributed by atoms with Crippen molar-refractivity contribution in [2.45, 2.75) is 40.7 Å². The Balaban J connectivity index is 0. The van der Waals surface area contributed by atoms with Crippen molar-refractivity contribution < 1.29 is 23.7 Å². The minimum absolute atomic E-state index is 0.312. The predicted octanol–water partition coefficient (Wildman–Crippen LogP) is 3.15. The summed E-state index contributed by atoms with van der Waals surface area (Å²) in [6.07, 6.45) is 0.431. The Labute approximate surface area is 135 Å². The van der Waals surface area contributed by atoms with E-state index in [2.05, 4.69) is 17.9 Å².